The Morgan fingerprint density at radius 3 is 2.52 bits per heavy atom. The van der Waals surface area contributed by atoms with Gasteiger partial charge in [-0.05, 0) is 30.2 Å². The van der Waals surface area contributed by atoms with Crippen LogP contribution in [0.5, 0.6) is 0 Å². The van der Waals surface area contributed by atoms with Crippen LogP contribution < -0.4 is 10.6 Å². The Morgan fingerprint density at radius 2 is 1.81 bits per heavy atom. The average molecular weight is 280 g/mol. The van der Waals surface area contributed by atoms with Crippen LogP contribution >= 0.6 is 0 Å². The third kappa shape index (κ3) is 2.29. The van der Waals surface area contributed by atoms with Crippen LogP contribution in [0.1, 0.15) is 23.5 Å². The molecule has 2 N–H and O–H groups in total. The topological polar surface area (TPSA) is 63.4 Å². The van der Waals surface area contributed by atoms with E-state index in [1.807, 2.05) is 43.3 Å². The number of nitrogens with two attached hydrogens (primary N) is 1. The maximum absolute atomic E-state index is 12.6. The number of nitrogens with zero attached hydrogens (tertiary/aromatic N) is 1. The molecule has 1 unspecified atom stereocenters. The smallest absolute Gasteiger partial charge is 0.241 e. The second-order valence-electron chi connectivity index (χ2n) is 5.30. The molecule has 3 rings (SSSR count). The van der Waals surface area contributed by atoms with Crippen molar-refractivity contribution < 1.29 is 9.59 Å². The SMILES string of the molecule is Cc1ccc(N)c(N2C(=O)CC(c3ccccc3)C2=O)c1. The number of hydrogen-bond donors (Lipinski definition) is 1. The molecular weight excluding hydrogens is 264 g/mol. The van der Waals surface area contributed by atoms with Crippen LogP contribution in [0.3, 0.4) is 0 Å². The van der Waals surface area contributed by atoms with E-state index in [2.05, 4.69) is 0 Å². The quantitative estimate of drug-likeness (QED) is 0.679. The third-order valence-electron chi connectivity index (χ3n) is 3.78. The van der Waals surface area contributed by atoms with Gasteiger partial charge >= 0.3 is 0 Å². The number of benzene rings is 2. The summed E-state index contributed by atoms with van der Waals surface area (Å²) >= 11 is 0. The Hall–Kier alpha value is -2.62. The van der Waals surface area contributed by atoms with Crippen LogP contribution in [0.25, 0.3) is 0 Å². The largest absolute Gasteiger partial charge is 0.397 e. The monoisotopic (exact) mass is 280 g/mol. The number of carbonyl (C=O) groups is 2. The van der Waals surface area contributed by atoms with E-state index in [1.54, 1.807) is 12.1 Å². The lowest BCUT2D eigenvalue weighted by Crippen LogP contribution is -2.30. The van der Waals surface area contributed by atoms with E-state index in [0.29, 0.717) is 11.4 Å². The lowest BCUT2D eigenvalue weighted by molar-refractivity contribution is -0.121. The van der Waals surface area contributed by atoms with Gasteiger partial charge in [-0.25, -0.2) is 4.90 Å². The first kappa shape index (κ1) is 13.4. The van der Waals surface area contributed by atoms with Crippen LogP contribution in [0.4, 0.5) is 11.4 Å². The van der Waals surface area contributed by atoms with Crippen molar-refractivity contribution in [2.75, 3.05) is 10.6 Å². The molecule has 1 saturated heterocycles. The second kappa shape index (κ2) is 5.05. The molecular formula is C17H16N2O2. The van der Waals surface area contributed by atoms with Crippen LogP contribution in [0.2, 0.25) is 0 Å². The molecule has 2 aromatic carbocycles. The number of rotatable bonds is 2. The highest BCUT2D eigenvalue weighted by atomic mass is 16.2. The van der Waals surface area contributed by atoms with Gasteiger partial charge in [0.1, 0.15) is 0 Å². The van der Waals surface area contributed by atoms with Crippen LogP contribution in [0.15, 0.2) is 48.5 Å². The van der Waals surface area contributed by atoms with Gasteiger partial charge in [-0.3, -0.25) is 9.59 Å². The van der Waals surface area contributed by atoms with Crippen molar-refractivity contribution >= 4 is 23.2 Å². The van der Waals surface area contributed by atoms with Gasteiger partial charge in [-0.15, -0.1) is 0 Å². The summed E-state index contributed by atoms with van der Waals surface area (Å²) in [6.07, 6.45) is 0.191. The molecule has 2 aromatic rings. The normalized spacial score (nSPS) is 18.3. The molecule has 1 fully saturated rings. The van der Waals surface area contributed by atoms with Gasteiger partial charge < -0.3 is 5.73 Å². The number of aryl methyl sites for hydroxylation is 1. The highest BCUT2D eigenvalue weighted by Gasteiger charge is 2.40. The predicted molar refractivity (Wildman–Crippen MR) is 81.9 cm³/mol. The van der Waals surface area contributed by atoms with E-state index in [-0.39, 0.29) is 18.2 Å². The van der Waals surface area contributed by atoms with Crippen molar-refractivity contribution in [1.82, 2.24) is 0 Å². The summed E-state index contributed by atoms with van der Waals surface area (Å²) in [5.41, 5.74) is 8.69. The molecule has 1 aliphatic rings. The molecule has 0 aliphatic carbocycles. The highest BCUT2D eigenvalue weighted by Crippen LogP contribution is 2.35. The summed E-state index contributed by atoms with van der Waals surface area (Å²) in [6, 6.07) is 14.7. The standard InChI is InChI=1S/C17H16N2O2/c1-11-7-8-14(18)15(9-11)19-16(20)10-13(17(19)21)12-5-3-2-4-6-12/h2-9,13H,10,18H2,1H3. The average Bonchev–Trinajstić information content (AvgIpc) is 2.78. The maximum atomic E-state index is 12.6. The van der Waals surface area contributed by atoms with Crippen molar-refractivity contribution in [3.63, 3.8) is 0 Å². The van der Waals surface area contributed by atoms with Gasteiger partial charge in [0.25, 0.3) is 0 Å². The van der Waals surface area contributed by atoms with Crippen LogP contribution in [-0.4, -0.2) is 11.8 Å². The van der Waals surface area contributed by atoms with Gasteiger partial charge in [-0.2, -0.15) is 0 Å². The number of imide groups is 1. The maximum Gasteiger partial charge on any atom is 0.241 e. The first-order chi connectivity index (χ1) is 10.1. The number of nitrogen functional groups attached to an aromatic ring is 1. The van der Waals surface area contributed by atoms with Gasteiger partial charge in [0.2, 0.25) is 11.8 Å². The minimum atomic E-state index is -0.418. The highest BCUT2D eigenvalue weighted by molar-refractivity contribution is 6.23. The fourth-order valence-electron chi connectivity index (χ4n) is 2.68. The van der Waals surface area contributed by atoms with E-state index < -0.39 is 5.92 Å². The van der Waals surface area contributed by atoms with E-state index in [4.69, 9.17) is 5.73 Å². The summed E-state index contributed by atoms with van der Waals surface area (Å²) in [4.78, 5) is 26.1. The second-order valence-corrected chi connectivity index (χ2v) is 5.30. The molecule has 0 radical (unpaired) electrons. The molecule has 4 nitrogen and oxygen atoms in total. The lowest BCUT2D eigenvalue weighted by atomic mass is 9.98. The van der Waals surface area contributed by atoms with Gasteiger partial charge in [-0.1, -0.05) is 36.4 Å². The molecule has 1 heterocycles. The molecule has 2 amide bonds. The van der Waals surface area contributed by atoms with Crippen LogP contribution in [0, 0.1) is 6.92 Å². The summed E-state index contributed by atoms with van der Waals surface area (Å²) < 4.78 is 0. The fraction of sp³-hybridized carbons (Fsp3) is 0.176. The summed E-state index contributed by atoms with van der Waals surface area (Å²) in [5.74, 6) is -0.826. The predicted octanol–water partition coefficient (Wildman–Crippen LogP) is 2.62. The Morgan fingerprint density at radius 1 is 1.10 bits per heavy atom. The Balaban J connectivity index is 2.00. The Labute approximate surface area is 123 Å². The zero-order valence-corrected chi connectivity index (χ0v) is 11.7. The molecule has 0 saturated carbocycles. The van der Waals surface area contributed by atoms with Crippen molar-refractivity contribution in [3.05, 3.63) is 59.7 Å². The van der Waals surface area contributed by atoms with Crippen molar-refractivity contribution in [2.45, 2.75) is 19.3 Å². The van der Waals surface area contributed by atoms with Crippen molar-refractivity contribution in [3.8, 4) is 0 Å². The summed E-state index contributed by atoms with van der Waals surface area (Å²) in [6.45, 7) is 1.91. The first-order valence-corrected chi connectivity index (χ1v) is 6.86. The number of carbonyl (C=O) groups excluding carboxylic acids is 2. The van der Waals surface area contributed by atoms with E-state index in [9.17, 15) is 9.59 Å². The fourth-order valence-corrected chi connectivity index (χ4v) is 2.68. The molecule has 1 aliphatic heterocycles. The zero-order valence-electron chi connectivity index (χ0n) is 11.7. The van der Waals surface area contributed by atoms with E-state index in [0.717, 1.165) is 11.1 Å². The van der Waals surface area contributed by atoms with E-state index >= 15 is 0 Å². The molecule has 4 heteroatoms. The summed E-state index contributed by atoms with van der Waals surface area (Å²) in [7, 11) is 0. The zero-order chi connectivity index (χ0) is 15.0. The van der Waals surface area contributed by atoms with Crippen LogP contribution in [-0.2, 0) is 9.59 Å². The molecule has 106 valence electrons. The molecule has 0 aromatic heterocycles. The lowest BCUT2D eigenvalue weighted by Gasteiger charge is -2.17. The minimum absolute atomic E-state index is 0.191. The van der Waals surface area contributed by atoms with Crippen molar-refractivity contribution in [1.29, 1.82) is 0 Å². The molecule has 1 atom stereocenters. The number of amides is 2. The Bertz CT molecular complexity index is 710. The molecule has 0 bridgehead atoms. The van der Waals surface area contributed by atoms with Gasteiger partial charge in [0.15, 0.2) is 0 Å². The first-order valence-electron chi connectivity index (χ1n) is 6.86. The van der Waals surface area contributed by atoms with E-state index in [1.165, 1.54) is 4.90 Å². The third-order valence-corrected chi connectivity index (χ3v) is 3.78. The minimum Gasteiger partial charge on any atom is -0.397 e. The van der Waals surface area contributed by atoms with Gasteiger partial charge in [0, 0.05) is 6.42 Å². The van der Waals surface area contributed by atoms with Gasteiger partial charge in [0.05, 0.1) is 17.3 Å². The number of anilines is 2. The number of hydrogen-bond acceptors (Lipinski definition) is 3. The Kier molecular flexibility index (Phi) is 3.22. The molecule has 0 spiro atoms. The molecule has 21 heavy (non-hydrogen) atoms. The van der Waals surface area contributed by atoms with Crippen molar-refractivity contribution in [2.24, 2.45) is 0 Å². The summed E-state index contributed by atoms with van der Waals surface area (Å²) in [5, 5.41) is 0.